The number of nitrogens with zero attached hydrogens (tertiary/aromatic N) is 1. The maximum Gasteiger partial charge on any atom is 0.222 e. The van der Waals surface area contributed by atoms with Crippen LogP contribution in [0.3, 0.4) is 0 Å². The van der Waals surface area contributed by atoms with Crippen LogP contribution in [0.1, 0.15) is 36.5 Å². The fraction of sp³-hybridized carbons (Fsp3) is 0.467. The van der Waals surface area contributed by atoms with E-state index < -0.39 is 0 Å². The molecule has 3 nitrogen and oxygen atoms in total. The number of hydrogen-bond donors (Lipinski definition) is 0. The second kappa shape index (κ2) is 6.20. The van der Waals surface area contributed by atoms with Gasteiger partial charge in [-0.25, -0.2) is 0 Å². The second-order valence-electron chi connectivity index (χ2n) is 5.15. The van der Waals surface area contributed by atoms with Crippen molar-refractivity contribution >= 4 is 23.3 Å². The molecule has 1 aliphatic heterocycles. The monoisotopic (exact) mass is 279 g/mol. The Bertz CT molecular complexity index is 487. The van der Waals surface area contributed by atoms with E-state index in [0.717, 1.165) is 12.8 Å². The fourth-order valence-electron chi connectivity index (χ4n) is 2.29. The summed E-state index contributed by atoms with van der Waals surface area (Å²) in [6, 6.07) is 6.97. The number of rotatable bonds is 3. The number of amides is 1. The number of carbonyl (C=O) groups is 2. The summed E-state index contributed by atoms with van der Waals surface area (Å²) in [5, 5.41) is 0.447. The van der Waals surface area contributed by atoms with Gasteiger partial charge in [0.1, 0.15) is 0 Å². The van der Waals surface area contributed by atoms with Gasteiger partial charge in [-0.15, -0.1) is 0 Å². The second-order valence-corrected chi connectivity index (χ2v) is 5.56. The number of ketones is 1. The maximum absolute atomic E-state index is 12.2. The lowest BCUT2D eigenvalue weighted by Gasteiger charge is -2.20. The normalized spacial score (nSPS) is 20.2. The molecule has 0 saturated carbocycles. The highest BCUT2D eigenvalue weighted by atomic mass is 35.5. The SMILES string of the molecule is CC1CCC(=O)N(CC(=O)c2ccccc2Cl)CC1. The van der Waals surface area contributed by atoms with Crippen LogP contribution in [0.25, 0.3) is 0 Å². The average molecular weight is 280 g/mol. The summed E-state index contributed by atoms with van der Waals surface area (Å²) in [7, 11) is 0. The fourth-order valence-corrected chi connectivity index (χ4v) is 2.53. The van der Waals surface area contributed by atoms with Gasteiger partial charge in [0.25, 0.3) is 0 Å². The van der Waals surface area contributed by atoms with E-state index in [0.29, 0.717) is 29.5 Å². The van der Waals surface area contributed by atoms with Crippen LogP contribution in [-0.2, 0) is 4.79 Å². The Kier molecular flexibility index (Phi) is 4.59. The van der Waals surface area contributed by atoms with Crippen molar-refractivity contribution in [2.45, 2.75) is 26.2 Å². The van der Waals surface area contributed by atoms with Crippen LogP contribution >= 0.6 is 11.6 Å². The van der Waals surface area contributed by atoms with Crippen molar-refractivity contribution < 1.29 is 9.59 Å². The average Bonchev–Trinajstić information content (AvgIpc) is 2.54. The Morgan fingerprint density at radius 2 is 2.11 bits per heavy atom. The summed E-state index contributed by atoms with van der Waals surface area (Å²) in [6.07, 6.45) is 2.41. The van der Waals surface area contributed by atoms with E-state index in [1.54, 1.807) is 29.2 Å². The Balaban J connectivity index is 2.06. The molecule has 2 rings (SSSR count). The van der Waals surface area contributed by atoms with Gasteiger partial charge in [-0.3, -0.25) is 9.59 Å². The third kappa shape index (κ3) is 3.57. The summed E-state index contributed by atoms with van der Waals surface area (Å²) in [5.41, 5.74) is 0.495. The highest BCUT2D eigenvalue weighted by Gasteiger charge is 2.23. The zero-order valence-electron chi connectivity index (χ0n) is 11.1. The molecule has 1 amide bonds. The van der Waals surface area contributed by atoms with Crippen LogP contribution in [0.5, 0.6) is 0 Å². The zero-order valence-corrected chi connectivity index (χ0v) is 11.8. The molecule has 1 aromatic carbocycles. The number of likely N-dealkylation sites (tertiary alicyclic amines) is 1. The molecular formula is C15H18ClNO2. The molecule has 1 atom stereocenters. The number of hydrogen-bond acceptors (Lipinski definition) is 2. The van der Waals surface area contributed by atoms with Gasteiger partial charge in [0.05, 0.1) is 11.6 Å². The summed E-state index contributed by atoms with van der Waals surface area (Å²) >= 11 is 6.00. The van der Waals surface area contributed by atoms with Gasteiger partial charge in [0, 0.05) is 18.5 Å². The van der Waals surface area contributed by atoms with Crippen molar-refractivity contribution in [2.75, 3.05) is 13.1 Å². The zero-order chi connectivity index (χ0) is 13.8. The summed E-state index contributed by atoms with van der Waals surface area (Å²) < 4.78 is 0. The first-order chi connectivity index (χ1) is 9.08. The molecule has 1 aliphatic rings. The Hall–Kier alpha value is -1.35. The minimum Gasteiger partial charge on any atom is -0.335 e. The van der Waals surface area contributed by atoms with Crippen molar-refractivity contribution in [3.8, 4) is 0 Å². The van der Waals surface area contributed by atoms with Crippen LogP contribution in [0.4, 0.5) is 0 Å². The quantitative estimate of drug-likeness (QED) is 0.797. The third-order valence-corrected chi connectivity index (χ3v) is 3.93. The van der Waals surface area contributed by atoms with E-state index in [2.05, 4.69) is 6.92 Å². The summed E-state index contributed by atoms with van der Waals surface area (Å²) in [6.45, 7) is 2.94. The molecule has 4 heteroatoms. The van der Waals surface area contributed by atoms with E-state index in [-0.39, 0.29) is 18.2 Å². The number of benzene rings is 1. The maximum atomic E-state index is 12.2. The molecular weight excluding hydrogens is 262 g/mol. The molecule has 0 spiro atoms. The van der Waals surface area contributed by atoms with E-state index >= 15 is 0 Å². The topological polar surface area (TPSA) is 37.4 Å². The van der Waals surface area contributed by atoms with Crippen LogP contribution in [0, 0.1) is 5.92 Å². The van der Waals surface area contributed by atoms with Crippen molar-refractivity contribution in [1.82, 2.24) is 4.90 Å². The minimum atomic E-state index is -0.0893. The molecule has 19 heavy (non-hydrogen) atoms. The lowest BCUT2D eigenvalue weighted by atomic mass is 10.0. The van der Waals surface area contributed by atoms with Gasteiger partial charge >= 0.3 is 0 Å². The number of halogens is 1. The van der Waals surface area contributed by atoms with Crippen molar-refractivity contribution in [1.29, 1.82) is 0 Å². The van der Waals surface area contributed by atoms with Crippen molar-refractivity contribution in [2.24, 2.45) is 5.92 Å². The Morgan fingerprint density at radius 3 is 2.84 bits per heavy atom. The molecule has 0 radical (unpaired) electrons. The van der Waals surface area contributed by atoms with E-state index in [1.165, 1.54) is 0 Å². The number of Topliss-reactive ketones (excluding diaryl/α,β-unsaturated/α-hetero) is 1. The first-order valence-electron chi connectivity index (χ1n) is 6.63. The highest BCUT2D eigenvalue weighted by molar-refractivity contribution is 6.34. The lowest BCUT2D eigenvalue weighted by molar-refractivity contribution is -0.130. The first-order valence-corrected chi connectivity index (χ1v) is 7.01. The van der Waals surface area contributed by atoms with E-state index in [4.69, 9.17) is 11.6 Å². The largest absolute Gasteiger partial charge is 0.335 e. The van der Waals surface area contributed by atoms with Gasteiger partial charge in [-0.1, -0.05) is 30.7 Å². The standard InChI is InChI=1S/C15H18ClNO2/c1-11-6-7-15(19)17(9-8-11)10-14(18)12-4-2-3-5-13(12)16/h2-5,11H,6-10H2,1H3. The van der Waals surface area contributed by atoms with Gasteiger partial charge in [0.15, 0.2) is 5.78 Å². The van der Waals surface area contributed by atoms with Crippen LogP contribution < -0.4 is 0 Å². The van der Waals surface area contributed by atoms with Crippen LogP contribution in [0.15, 0.2) is 24.3 Å². The molecule has 1 unspecified atom stereocenters. The minimum absolute atomic E-state index is 0.0738. The molecule has 1 saturated heterocycles. The predicted molar refractivity (Wildman–Crippen MR) is 75.4 cm³/mol. The molecule has 0 aromatic heterocycles. The van der Waals surface area contributed by atoms with Crippen LogP contribution in [-0.4, -0.2) is 29.7 Å². The molecule has 0 N–H and O–H groups in total. The third-order valence-electron chi connectivity index (χ3n) is 3.60. The van der Waals surface area contributed by atoms with Crippen molar-refractivity contribution in [3.05, 3.63) is 34.9 Å². The highest BCUT2D eigenvalue weighted by Crippen LogP contribution is 2.19. The van der Waals surface area contributed by atoms with E-state index in [9.17, 15) is 9.59 Å². The first kappa shape index (κ1) is 14.1. The Morgan fingerprint density at radius 1 is 1.37 bits per heavy atom. The van der Waals surface area contributed by atoms with Gasteiger partial charge in [-0.2, -0.15) is 0 Å². The lowest BCUT2D eigenvalue weighted by Crippen LogP contribution is -2.35. The van der Waals surface area contributed by atoms with E-state index in [1.807, 2.05) is 0 Å². The smallest absolute Gasteiger partial charge is 0.222 e. The number of carbonyl (C=O) groups excluding carboxylic acids is 2. The molecule has 0 aliphatic carbocycles. The molecule has 1 heterocycles. The van der Waals surface area contributed by atoms with Gasteiger partial charge in [-0.05, 0) is 30.9 Å². The molecule has 1 aromatic rings. The van der Waals surface area contributed by atoms with Gasteiger partial charge in [0.2, 0.25) is 5.91 Å². The van der Waals surface area contributed by atoms with Gasteiger partial charge < -0.3 is 4.90 Å². The predicted octanol–water partition coefficient (Wildman–Crippen LogP) is 3.17. The molecule has 1 fully saturated rings. The van der Waals surface area contributed by atoms with Crippen molar-refractivity contribution in [3.63, 3.8) is 0 Å². The summed E-state index contributed by atoms with van der Waals surface area (Å²) in [4.78, 5) is 25.8. The molecule has 102 valence electrons. The Labute approximate surface area is 118 Å². The molecule has 0 bridgehead atoms. The van der Waals surface area contributed by atoms with Crippen LogP contribution in [0.2, 0.25) is 5.02 Å². The summed E-state index contributed by atoms with van der Waals surface area (Å²) in [5.74, 6) is 0.530.